The lowest BCUT2D eigenvalue weighted by atomic mass is 10.2. The quantitative estimate of drug-likeness (QED) is 0.597. The predicted molar refractivity (Wildman–Crippen MR) is 96.8 cm³/mol. The van der Waals surface area contributed by atoms with E-state index in [1.54, 1.807) is 17.5 Å². The van der Waals surface area contributed by atoms with Gasteiger partial charge in [0.15, 0.2) is 10.8 Å². The fourth-order valence-corrected chi connectivity index (χ4v) is 3.01. The van der Waals surface area contributed by atoms with Crippen molar-refractivity contribution in [2.24, 2.45) is 0 Å². The predicted octanol–water partition coefficient (Wildman–Crippen LogP) is 3.78. The minimum atomic E-state index is -0.396. The largest absolute Gasteiger partial charge is 0.296 e. The van der Waals surface area contributed by atoms with E-state index < -0.39 is 5.91 Å². The first-order chi connectivity index (χ1) is 12.7. The summed E-state index contributed by atoms with van der Waals surface area (Å²) in [4.78, 5) is 18.1. The van der Waals surface area contributed by atoms with Crippen LogP contribution in [0.2, 0.25) is 0 Å². The number of para-hydroxylation sites is 1. The number of thiazole rings is 1. The Morgan fingerprint density at radius 2 is 1.85 bits per heavy atom. The summed E-state index contributed by atoms with van der Waals surface area (Å²) in [6.07, 6.45) is 1.40. The van der Waals surface area contributed by atoms with Gasteiger partial charge in [-0.15, -0.1) is 16.4 Å². The third-order valence-corrected chi connectivity index (χ3v) is 4.33. The van der Waals surface area contributed by atoms with Crippen molar-refractivity contribution in [3.63, 3.8) is 0 Å². The fraction of sp³-hybridized carbons (Fsp3) is 0. The van der Waals surface area contributed by atoms with Crippen LogP contribution in [0.1, 0.15) is 10.5 Å². The number of anilines is 1. The Balaban J connectivity index is 1.49. The summed E-state index contributed by atoms with van der Waals surface area (Å²) >= 11 is 1.28. The number of rotatable bonds is 4. The van der Waals surface area contributed by atoms with Gasteiger partial charge in [0.2, 0.25) is 0 Å². The lowest BCUT2D eigenvalue weighted by Crippen LogP contribution is -2.13. The molecular formula is C18H12FN5OS. The van der Waals surface area contributed by atoms with Gasteiger partial charge in [0, 0.05) is 10.9 Å². The summed E-state index contributed by atoms with van der Waals surface area (Å²) in [6.45, 7) is 0. The van der Waals surface area contributed by atoms with Gasteiger partial charge in [-0.2, -0.15) is 9.90 Å². The molecule has 2 aromatic carbocycles. The smallest absolute Gasteiger partial charge is 0.279 e. The van der Waals surface area contributed by atoms with Crippen LogP contribution in [0, 0.1) is 5.82 Å². The van der Waals surface area contributed by atoms with Crippen molar-refractivity contribution in [1.29, 1.82) is 0 Å². The second-order valence-electron chi connectivity index (χ2n) is 5.35. The number of amides is 1. The van der Waals surface area contributed by atoms with Crippen LogP contribution >= 0.6 is 11.3 Å². The van der Waals surface area contributed by atoms with Crippen LogP contribution in [0.4, 0.5) is 9.52 Å². The molecule has 0 fully saturated rings. The van der Waals surface area contributed by atoms with Crippen molar-refractivity contribution in [2.45, 2.75) is 0 Å². The molecule has 1 amide bonds. The average Bonchev–Trinajstić information content (AvgIpc) is 3.33. The highest BCUT2D eigenvalue weighted by molar-refractivity contribution is 7.14. The van der Waals surface area contributed by atoms with Crippen LogP contribution in [-0.2, 0) is 0 Å². The number of nitrogens with zero attached hydrogens (tertiary/aromatic N) is 4. The molecule has 0 aliphatic carbocycles. The maximum Gasteiger partial charge on any atom is 0.279 e. The second-order valence-corrected chi connectivity index (χ2v) is 6.21. The Labute approximate surface area is 151 Å². The number of carbonyl (C=O) groups excluding carboxylic acids is 1. The second kappa shape index (κ2) is 6.85. The molecule has 0 aliphatic rings. The first-order valence-corrected chi connectivity index (χ1v) is 8.57. The van der Waals surface area contributed by atoms with Crippen LogP contribution in [0.5, 0.6) is 0 Å². The highest BCUT2D eigenvalue weighted by Crippen LogP contribution is 2.25. The Kier molecular flexibility index (Phi) is 4.24. The summed E-state index contributed by atoms with van der Waals surface area (Å²) in [5, 5.41) is 13.2. The molecule has 0 saturated carbocycles. The molecule has 8 heteroatoms. The number of carbonyl (C=O) groups is 1. The van der Waals surface area contributed by atoms with E-state index in [0.717, 1.165) is 11.3 Å². The Hall–Kier alpha value is -3.39. The summed E-state index contributed by atoms with van der Waals surface area (Å²) in [5.41, 5.74) is 2.39. The van der Waals surface area contributed by atoms with Gasteiger partial charge in [0.25, 0.3) is 5.91 Å². The van der Waals surface area contributed by atoms with Crippen molar-refractivity contribution in [3.05, 3.63) is 77.7 Å². The van der Waals surface area contributed by atoms with E-state index in [2.05, 4.69) is 20.5 Å². The Bertz CT molecular complexity index is 1040. The van der Waals surface area contributed by atoms with E-state index in [1.165, 1.54) is 34.5 Å². The molecule has 0 atom stereocenters. The molecule has 128 valence electrons. The van der Waals surface area contributed by atoms with Gasteiger partial charge in [-0.3, -0.25) is 10.1 Å². The highest BCUT2D eigenvalue weighted by atomic mass is 32.1. The summed E-state index contributed by atoms with van der Waals surface area (Å²) in [6, 6.07) is 15.3. The first-order valence-electron chi connectivity index (χ1n) is 7.69. The van der Waals surface area contributed by atoms with Gasteiger partial charge in [0.1, 0.15) is 5.82 Å². The fourth-order valence-electron chi connectivity index (χ4n) is 2.30. The average molecular weight is 365 g/mol. The minimum absolute atomic E-state index is 0.187. The van der Waals surface area contributed by atoms with Crippen molar-refractivity contribution < 1.29 is 9.18 Å². The van der Waals surface area contributed by atoms with Gasteiger partial charge in [-0.05, 0) is 36.4 Å². The molecule has 26 heavy (non-hydrogen) atoms. The van der Waals surface area contributed by atoms with Crippen molar-refractivity contribution in [2.75, 3.05) is 5.32 Å². The number of hydrogen-bond donors (Lipinski definition) is 1. The third-order valence-electron chi connectivity index (χ3n) is 3.58. The minimum Gasteiger partial charge on any atom is -0.296 e. The number of hydrogen-bond acceptors (Lipinski definition) is 5. The van der Waals surface area contributed by atoms with E-state index in [9.17, 15) is 9.18 Å². The first kappa shape index (κ1) is 16.1. The summed E-state index contributed by atoms with van der Waals surface area (Å²) < 4.78 is 13.0. The molecule has 2 aromatic heterocycles. The molecule has 4 rings (SSSR count). The van der Waals surface area contributed by atoms with E-state index in [4.69, 9.17) is 0 Å². The SMILES string of the molecule is O=C(Nc1nc(-c2ccc(F)cc2)cs1)c1cnn(-c2ccccc2)n1. The Morgan fingerprint density at radius 1 is 1.08 bits per heavy atom. The van der Waals surface area contributed by atoms with Crippen LogP contribution in [0.3, 0.4) is 0 Å². The maximum atomic E-state index is 13.0. The molecule has 0 saturated heterocycles. The third kappa shape index (κ3) is 3.35. The van der Waals surface area contributed by atoms with Crippen LogP contribution in [-0.4, -0.2) is 25.9 Å². The van der Waals surface area contributed by atoms with Gasteiger partial charge in [-0.25, -0.2) is 9.37 Å². The van der Waals surface area contributed by atoms with Crippen LogP contribution < -0.4 is 5.32 Å². The molecule has 4 aromatic rings. The number of halogens is 1. The van der Waals surface area contributed by atoms with E-state index in [0.29, 0.717) is 10.8 Å². The van der Waals surface area contributed by atoms with Crippen LogP contribution in [0.25, 0.3) is 16.9 Å². The van der Waals surface area contributed by atoms with Gasteiger partial charge >= 0.3 is 0 Å². The van der Waals surface area contributed by atoms with Gasteiger partial charge in [0.05, 0.1) is 17.6 Å². The zero-order valence-electron chi connectivity index (χ0n) is 13.3. The maximum absolute atomic E-state index is 13.0. The molecule has 0 aliphatic heterocycles. The molecule has 0 radical (unpaired) electrons. The molecule has 2 heterocycles. The molecule has 0 bridgehead atoms. The summed E-state index contributed by atoms with van der Waals surface area (Å²) in [7, 11) is 0. The monoisotopic (exact) mass is 365 g/mol. The van der Waals surface area contributed by atoms with Gasteiger partial charge < -0.3 is 0 Å². The number of nitrogens with one attached hydrogen (secondary N) is 1. The van der Waals surface area contributed by atoms with Crippen molar-refractivity contribution in [1.82, 2.24) is 20.0 Å². The number of aromatic nitrogens is 4. The molecule has 6 nitrogen and oxygen atoms in total. The number of benzene rings is 2. The molecular weight excluding hydrogens is 353 g/mol. The lowest BCUT2D eigenvalue weighted by molar-refractivity contribution is 0.102. The topological polar surface area (TPSA) is 72.7 Å². The lowest BCUT2D eigenvalue weighted by Gasteiger charge is -1.99. The molecule has 1 N–H and O–H groups in total. The zero-order valence-corrected chi connectivity index (χ0v) is 14.2. The zero-order chi connectivity index (χ0) is 17.9. The normalized spacial score (nSPS) is 10.7. The van der Waals surface area contributed by atoms with Crippen molar-refractivity contribution in [3.8, 4) is 16.9 Å². The van der Waals surface area contributed by atoms with E-state index in [-0.39, 0.29) is 11.5 Å². The standard InChI is InChI=1S/C18H12FN5OS/c19-13-8-6-12(7-9-13)16-11-26-18(21-16)22-17(25)15-10-20-24(23-15)14-4-2-1-3-5-14/h1-11H,(H,21,22,25). The molecule has 0 spiro atoms. The Morgan fingerprint density at radius 3 is 2.62 bits per heavy atom. The highest BCUT2D eigenvalue weighted by Gasteiger charge is 2.14. The summed E-state index contributed by atoms with van der Waals surface area (Å²) in [5.74, 6) is -0.703. The van der Waals surface area contributed by atoms with E-state index >= 15 is 0 Å². The van der Waals surface area contributed by atoms with Crippen molar-refractivity contribution >= 4 is 22.4 Å². The molecule has 0 unspecified atom stereocenters. The van der Waals surface area contributed by atoms with Crippen LogP contribution in [0.15, 0.2) is 66.2 Å². The van der Waals surface area contributed by atoms with E-state index in [1.807, 2.05) is 30.3 Å². The van der Waals surface area contributed by atoms with Gasteiger partial charge in [-0.1, -0.05) is 18.2 Å².